The topological polar surface area (TPSA) is 93.1 Å². The van der Waals surface area contributed by atoms with Crippen LogP contribution < -0.4 is 0 Å². The number of benzene rings is 2. The SMILES string of the molecule is C=CCOC(=O)CC(C(=O)O)N(C)C(=O)OCC1c2ccccc2-c2ccccc21. The Labute approximate surface area is 174 Å². The van der Waals surface area contributed by atoms with Crippen molar-refractivity contribution < 1.29 is 29.0 Å². The van der Waals surface area contributed by atoms with Gasteiger partial charge in [-0.15, -0.1) is 0 Å². The number of carboxylic acids is 1. The molecule has 0 heterocycles. The van der Waals surface area contributed by atoms with Gasteiger partial charge in [-0.2, -0.15) is 0 Å². The largest absolute Gasteiger partial charge is 0.480 e. The summed E-state index contributed by atoms with van der Waals surface area (Å²) in [5.74, 6) is -2.20. The van der Waals surface area contributed by atoms with Crippen LogP contribution in [0.3, 0.4) is 0 Å². The van der Waals surface area contributed by atoms with Gasteiger partial charge in [0.15, 0.2) is 0 Å². The zero-order valence-electron chi connectivity index (χ0n) is 16.6. The molecule has 1 amide bonds. The van der Waals surface area contributed by atoms with Gasteiger partial charge in [0, 0.05) is 13.0 Å². The van der Waals surface area contributed by atoms with Gasteiger partial charge in [0.2, 0.25) is 0 Å². The molecule has 1 aliphatic carbocycles. The number of carbonyl (C=O) groups excluding carboxylic acids is 2. The number of hydrogen-bond acceptors (Lipinski definition) is 5. The van der Waals surface area contributed by atoms with Gasteiger partial charge in [-0.1, -0.05) is 61.2 Å². The second kappa shape index (κ2) is 9.26. The van der Waals surface area contributed by atoms with Gasteiger partial charge in [-0.05, 0) is 22.3 Å². The van der Waals surface area contributed by atoms with E-state index in [1.54, 1.807) is 0 Å². The summed E-state index contributed by atoms with van der Waals surface area (Å²) in [7, 11) is 1.29. The molecular formula is C23H23NO6. The van der Waals surface area contributed by atoms with E-state index >= 15 is 0 Å². The molecule has 0 aromatic heterocycles. The summed E-state index contributed by atoms with van der Waals surface area (Å²) in [6, 6.07) is 14.4. The van der Waals surface area contributed by atoms with Crippen LogP contribution in [0.25, 0.3) is 11.1 Å². The molecule has 7 heteroatoms. The molecule has 1 N–H and O–H groups in total. The second-order valence-electron chi connectivity index (χ2n) is 6.94. The Kier molecular flexibility index (Phi) is 6.51. The Morgan fingerprint density at radius 2 is 1.63 bits per heavy atom. The van der Waals surface area contributed by atoms with E-state index in [1.807, 2.05) is 48.5 Å². The minimum absolute atomic E-state index is 0.0279. The average molecular weight is 409 g/mol. The predicted molar refractivity (Wildman–Crippen MR) is 110 cm³/mol. The van der Waals surface area contributed by atoms with Crippen molar-refractivity contribution >= 4 is 18.0 Å². The van der Waals surface area contributed by atoms with Crippen molar-refractivity contribution in [2.75, 3.05) is 20.3 Å². The van der Waals surface area contributed by atoms with Gasteiger partial charge in [-0.3, -0.25) is 9.69 Å². The van der Waals surface area contributed by atoms with Crippen LogP contribution in [0.5, 0.6) is 0 Å². The first-order chi connectivity index (χ1) is 14.4. The van der Waals surface area contributed by atoms with Gasteiger partial charge in [-0.25, -0.2) is 9.59 Å². The Morgan fingerprint density at radius 1 is 1.07 bits per heavy atom. The van der Waals surface area contributed by atoms with Crippen LogP contribution in [0.4, 0.5) is 4.79 Å². The standard InChI is InChI=1S/C23H23NO6/c1-3-12-29-21(25)13-20(22(26)27)24(2)23(28)30-14-19-17-10-6-4-8-15(17)16-9-5-7-11-18(16)19/h3-11,19-20H,1,12-14H2,2H3,(H,26,27). The van der Waals surface area contributed by atoms with Crippen LogP contribution in [-0.4, -0.2) is 54.3 Å². The molecule has 2 aromatic rings. The molecule has 1 aliphatic rings. The summed E-state index contributed by atoms with van der Waals surface area (Å²) in [6.45, 7) is 3.46. The van der Waals surface area contributed by atoms with Crippen molar-refractivity contribution in [2.24, 2.45) is 0 Å². The van der Waals surface area contributed by atoms with Gasteiger partial charge >= 0.3 is 18.0 Å². The van der Waals surface area contributed by atoms with Gasteiger partial charge < -0.3 is 14.6 Å². The van der Waals surface area contributed by atoms with E-state index in [0.717, 1.165) is 27.2 Å². The number of esters is 1. The molecule has 2 aromatic carbocycles. The van der Waals surface area contributed by atoms with Crippen molar-refractivity contribution in [1.82, 2.24) is 4.90 Å². The lowest BCUT2D eigenvalue weighted by Crippen LogP contribution is -2.44. The summed E-state index contributed by atoms with van der Waals surface area (Å²) >= 11 is 0. The molecule has 0 bridgehead atoms. The van der Waals surface area contributed by atoms with E-state index < -0.39 is 30.5 Å². The lowest BCUT2D eigenvalue weighted by molar-refractivity contribution is -0.151. The number of carbonyl (C=O) groups is 3. The second-order valence-corrected chi connectivity index (χ2v) is 6.94. The number of ether oxygens (including phenoxy) is 2. The third-order valence-corrected chi connectivity index (χ3v) is 5.10. The molecule has 156 valence electrons. The van der Waals surface area contributed by atoms with Gasteiger partial charge in [0.1, 0.15) is 19.3 Å². The van der Waals surface area contributed by atoms with Crippen LogP contribution in [0.2, 0.25) is 0 Å². The van der Waals surface area contributed by atoms with Crippen LogP contribution in [0.15, 0.2) is 61.2 Å². The van der Waals surface area contributed by atoms with E-state index in [2.05, 4.69) is 6.58 Å². The Balaban J connectivity index is 1.69. The molecule has 0 saturated heterocycles. The van der Waals surface area contributed by atoms with E-state index in [-0.39, 0.29) is 19.1 Å². The number of nitrogens with zero attached hydrogens (tertiary/aromatic N) is 1. The Morgan fingerprint density at radius 3 is 2.17 bits per heavy atom. The molecule has 7 nitrogen and oxygen atoms in total. The third-order valence-electron chi connectivity index (χ3n) is 5.10. The Hall–Kier alpha value is -3.61. The average Bonchev–Trinajstić information content (AvgIpc) is 3.07. The maximum atomic E-state index is 12.5. The van der Waals surface area contributed by atoms with E-state index in [4.69, 9.17) is 9.47 Å². The zero-order chi connectivity index (χ0) is 21.7. The number of likely N-dealkylation sites (N-methyl/N-ethyl adjacent to an activating group) is 1. The summed E-state index contributed by atoms with van der Waals surface area (Å²) in [4.78, 5) is 36.8. The smallest absolute Gasteiger partial charge is 0.410 e. The van der Waals surface area contributed by atoms with Gasteiger partial charge in [0.05, 0.1) is 6.42 Å². The molecule has 1 atom stereocenters. The summed E-state index contributed by atoms with van der Waals surface area (Å²) in [5, 5.41) is 9.43. The quantitative estimate of drug-likeness (QED) is 0.530. The van der Waals surface area contributed by atoms with E-state index in [0.29, 0.717) is 0 Å². The highest BCUT2D eigenvalue weighted by Crippen LogP contribution is 2.44. The molecule has 0 radical (unpaired) electrons. The number of aliphatic carboxylic acids is 1. The summed E-state index contributed by atoms with van der Waals surface area (Å²) in [5.41, 5.74) is 4.29. The van der Waals surface area contributed by atoms with E-state index in [1.165, 1.54) is 13.1 Å². The predicted octanol–water partition coefficient (Wildman–Crippen LogP) is 3.44. The first-order valence-corrected chi connectivity index (χ1v) is 9.51. The fraction of sp³-hybridized carbons (Fsp3) is 0.261. The fourth-order valence-electron chi connectivity index (χ4n) is 3.58. The molecule has 1 unspecified atom stereocenters. The van der Waals surface area contributed by atoms with Crippen LogP contribution in [0.1, 0.15) is 23.5 Å². The van der Waals surface area contributed by atoms with Crippen molar-refractivity contribution in [1.29, 1.82) is 0 Å². The number of carboxylic acid groups (broad SMARTS) is 1. The maximum absolute atomic E-state index is 12.5. The van der Waals surface area contributed by atoms with Crippen molar-refractivity contribution in [2.45, 2.75) is 18.4 Å². The molecule has 0 aliphatic heterocycles. The highest BCUT2D eigenvalue weighted by atomic mass is 16.6. The monoisotopic (exact) mass is 409 g/mol. The highest BCUT2D eigenvalue weighted by molar-refractivity contribution is 5.85. The van der Waals surface area contributed by atoms with Crippen molar-refractivity contribution in [3.8, 4) is 11.1 Å². The normalized spacial score (nSPS) is 13.0. The van der Waals surface area contributed by atoms with Crippen LogP contribution in [-0.2, 0) is 19.1 Å². The minimum Gasteiger partial charge on any atom is -0.480 e. The van der Waals surface area contributed by atoms with Gasteiger partial charge in [0.25, 0.3) is 0 Å². The maximum Gasteiger partial charge on any atom is 0.410 e. The molecule has 30 heavy (non-hydrogen) atoms. The third kappa shape index (κ3) is 4.35. The number of hydrogen-bond donors (Lipinski definition) is 1. The molecule has 0 spiro atoms. The van der Waals surface area contributed by atoms with Crippen molar-refractivity contribution in [3.63, 3.8) is 0 Å². The van der Waals surface area contributed by atoms with Crippen molar-refractivity contribution in [3.05, 3.63) is 72.3 Å². The number of rotatable bonds is 8. The number of amides is 1. The summed E-state index contributed by atoms with van der Waals surface area (Å²) in [6.07, 6.45) is 0.0769. The first-order valence-electron chi connectivity index (χ1n) is 9.51. The van der Waals surface area contributed by atoms with E-state index in [9.17, 15) is 19.5 Å². The lowest BCUT2D eigenvalue weighted by atomic mass is 9.98. The molecule has 0 saturated carbocycles. The Bertz CT molecular complexity index is 924. The lowest BCUT2D eigenvalue weighted by Gasteiger charge is -2.24. The van der Waals surface area contributed by atoms with Crippen LogP contribution >= 0.6 is 0 Å². The zero-order valence-corrected chi connectivity index (χ0v) is 16.6. The first kappa shape index (κ1) is 21.1. The van der Waals surface area contributed by atoms with Crippen LogP contribution in [0, 0.1) is 0 Å². The molecular weight excluding hydrogens is 386 g/mol. The minimum atomic E-state index is -1.39. The molecule has 0 fully saturated rings. The summed E-state index contributed by atoms with van der Waals surface area (Å²) < 4.78 is 10.3. The number of fused-ring (bicyclic) bond motifs is 3. The molecule has 3 rings (SSSR count). The highest BCUT2D eigenvalue weighted by Gasteiger charge is 2.33. The fourth-order valence-corrected chi connectivity index (χ4v) is 3.58.